The Morgan fingerprint density at radius 3 is 2.12 bits per heavy atom. The number of nitrogens with zero attached hydrogens (tertiary/aromatic N) is 1. The number of amides is 2. The van der Waals surface area contributed by atoms with Crippen molar-refractivity contribution in [3.63, 3.8) is 0 Å². The highest BCUT2D eigenvalue weighted by Gasteiger charge is 2.74. The number of ketones is 1. The summed E-state index contributed by atoms with van der Waals surface area (Å²) >= 11 is 1.19. The number of carboxylic acids is 1. The van der Waals surface area contributed by atoms with E-state index in [4.69, 9.17) is 9.47 Å². The van der Waals surface area contributed by atoms with Gasteiger partial charge in [0.05, 0.1) is 13.2 Å². The second-order valence-corrected chi connectivity index (χ2v) is 10.4. The predicted octanol–water partition coefficient (Wildman–Crippen LogP) is 2.47. The van der Waals surface area contributed by atoms with E-state index in [9.17, 15) is 24.3 Å². The molecule has 0 bridgehead atoms. The highest BCUT2D eigenvalue weighted by molar-refractivity contribution is 8.01. The highest BCUT2D eigenvalue weighted by atomic mass is 32.2. The summed E-state index contributed by atoms with van der Waals surface area (Å²) in [5.74, 6) is -2.55. The minimum atomic E-state index is -1.86. The van der Waals surface area contributed by atoms with Crippen LogP contribution in [0.2, 0.25) is 0 Å². The van der Waals surface area contributed by atoms with Crippen LogP contribution in [0.4, 0.5) is 0 Å². The zero-order chi connectivity index (χ0) is 24.6. The Balaban J connectivity index is 2.00. The Morgan fingerprint density at radius 2 is 1.67 bits per heavy atom. The fraction of sp³-hybridized carbons (Fsp3) is 0.565. The van der Waals surface area contributed by atoms with E-state index in [1.165, 1.54) is 23.6 Å². The Labute approximate surface area is 197 Å². The van der Waals surface area contributed by atoms with Crippen molar-refractivity contribution < 1.29 is 33.8 Å². The molecule has 2 amide bonds. The molecule has 2 aliphatic rings. The zero-order valence-electron chi connectivity index (χ0n) is 19.5. The molecule has 1 aromatic carbocycles. The van der Waals surface area contributed by atoms with Crippen LogP contribution in [0.25, 0.3) is 0 Å². The minimum Gasteiger partial charge on any atom is -0.493 e. The van der Waals surface area contributed by atoms with E-state index in [-0.39, 0.29) is 17.1 Å². The molecule has 10 heteroatoms. The van der Waals surface area contributed by atoms with Gasteiger partial charge in [-0.25, -0.2) is 4.79 Å². The number of hydrogen-bond acceptors (Lipinski definition) is 7. The molecule has 2 heterocycles. The Bertz CT molecular complexity index is 953. The summed E-state index contributed by atoms with van der Waals surface area (Å²) in [5.41, 5.74) is -1.76. The van der Waals surface area contributed by atoms with Crippen molar-refractivity contribution >= 4 is 35.3 Å². The monoisotopic (exact) mass is 478 g/mol. The molecule has 9 nitrogen and oxygen atoms in total. The first kappa shape index (κ1) is 24.9. The summed E-state index contributed by atoms with van der Waals surface area (Å²) < 4.78 is 10.6. The lowest BCUT2D eigenvalue weighted by Crippen LogP contribution is -2.82. The van der Waals surface area contributed by atoms with E-state index in [0.717, 1.165) is 12.8 Å². The van der Waals surface area contributed by atoms with Gasteiger partial charge in [0.1, 0.15) is 28.5 Å². The van der Waals surface area contributed by atoms with Crippen molar-refractivity contribution in [2.75, 3.05) is 13.2 Å². The van der Waals surface area contributed by atoms with Crippen molar-refractivity contribution in [3.05, 3.63) is 23.8 Å². The molecule has 0 unspecified atom stereocenters. The number of carbonyl (C=O) groups excluding carboxylic acids is 3. The maximum Gasteiger partial charge on any atom is 0.327 e. The third-order valence-corrected chi connectivity index (χ3v) is 7.42. The van der Waals surface area contributed by atoms with Crippen LogP contribution >= 0.6 is 11.8 Å². The summed E-state index contributed by atoms with van der Waals surface area (Å²) in [5, 5.41) is 11.5. The van der Waals surface area contributed by atoms with Crippen LogP contribution in [-0.4, -0.2) is 68.5 Å². The first-order valence-corrected chi connectivity index (χ1v) is 11.9. The van der Waals surface area contributed by atoms with Gasteiger partial charge in [0.25, 0.3) is 11.8 Å². The van der Waals surface area contributed by atoms with Gasteiger partial charge >= 0.3 is 5.97 Å². The lowest BCUT2D eigenvalue weighted by Gasteiger charge is -2.51. The van der Waals surface area contributed by atoms with Crippen molar-refractivity contribution in [1.82, 2.24) is 10.2 Å². The molecule has 0 saturated carbocycles. The fourth-order valence-electron chi connectivity index (χ4n) is 4.23. The highest BCUT2D eigenvalue weighted by Crippen LogP contribution is 2.55. The van der Waals surface area contributed by atoms with E-state index in [1.807, 2.05) is 13.8 Å². The van der Waals surface area contributed by atoms with Gasteiger partial charge in [0.15, 0.2) is 5.78 Å². The average molecular weight is 479 g/mol. The zero-order valence-corrected chi connectivity index (χ0v) is 20.3. The van der Waals surface area contributed by atoms with Gasteiger partial charge in [0.2, 0.25) is 5.54 Å². The minimum absolute atomic E-state index is 0.100. The van der Waals surface area contributed by atoms with Gasteiger partial charge in [-0.15, -0.1) is 11.8 Å². The van der Waals surface area contributed by atoms with E-state index >= 15 is 0 Å². The summed E-state index contributed by atoms with van der Waals surface area (Å²) in [6.45, 7) is 9.25. The number of nitrogens with one attached hydrogen (secondary N) is 1. The van der Waals surface area contributed by atoms with Crippen molar-refractivity contribution in [2.45, 2.75) is 69.2 Å². The van der Waals surface area contributed by atoms with E-state index < -0.39 is 45.3 Å². The van der Waals surface area contributed by atoms with Crippen LogP contribution in [0, 0.1) is 0 Å². The van der Waals surface area contributed by atoms with Gasteiger partial charge in [-0.3, -0.25) is 14.4 Å². The number of benzene rings is 1. The van der Waals surface area contributed by atoms with Crippen LogP contribution in [0.1, 0.15) is 57.8 Å². The molecule has 0 radical (unpaired) electrons. The summed E-state index contributed by atoms with van der Waals surface area (Å²) in [4.78, 5) is 52.6. The maximum absolute atomic E-state index is 13.5. The Morgan fingerprint density at radius 1 is 1.12 bits per heavy atom. The lowest BCUT2D eigenvalue weighted by molar-refractivity contribution is -0.170. The number of Topliss-reactive ketones (excluding diaryl/α,β-unsaturated/α-hetero) is 1. The van der Waals surface area contributed by atoms with Gasteiger partial charge in [-0.2, -0.15) is 0 Å². The van der Waals surface area contributed by atoms with Crippen molar-refractivity contribution in [1.29, 1.82) is 0 Å². The molecule has 2 aliphatic heterocycles. The van der Waals surface area contributed by atoms with E-state index in [2.05, 4.69) is 5.32 Å². The SMILES string of the molecule is CCCOc1cccc(OCCC)c1C(=O)N[C@@]1(C(C)=O)C(=O)N2[C@@H](C(=O)O)C(C)(C)S[C@@H]21. The van der Waals surface area contributed by atoms with E-state index in [0.29, 0.717) is 13.2 Å². The van der Waals surface area contributed by atoms with Gasteiger partial charge in [-0.05, 0) is 45.7 Å². The van der Waals surface area contributed by atoms with E-state index in [1.54, 1.807) is 32.0 Å². The number of aliphatic carboxylic acids is 1. The fourth-order valence-corrected chi connectivity index (χ4v) is 5.98. The summed E-state index contributed by atoms with van der Waals surface area (Å²) in [6, 6.07) is 3.86. The molecule has 3 atom stereocenters. The number of carboxylic acid groups (broad SMARTS) is 1. The molecule has 1 aromatic rings. The molecule has 2 saturated heterocycles. The first-order valence-electron chi connectivity index (χ1n) is 11.0. The van der Waals surface area contributed by atoms with Crippen LogP contribution in [0.3, 0.4) is 0 Å². The molecular formula is C23H30N2O7S. The lowest BCUT2D eigenvalue weighted by atomic mass is 9.81. The molecule has 33 heavy (non-hydrogen) atoms. The third-order valence-electron chi connectivity index (χ3n) is 5.79. The number of thioether (sulfide) groups is 1. The molecule has 3 rings (SSSR count). The molecule has 2 fully saturated rings. The summed E-state index contributed by atoms with van der Waals surface area (Å²) in [6.07, 6.45) is 1.44. The van der Waals surface area contributed by atoms with Crippen molar-refractivity contribution in [3.8, 4) is 11.5 Å². The normalized spacial score (nSPS) is 25.1. The van der Waals surface area contributed by atoms with Gasteiger partial charge in [-0.1, -0.05) is 19.9 Å². The average Bonchev–Trinajstić information content (AvgIpc) is 3.02. The number of rotatable bonds is 10. The number of carbonyl (C=O) groups is 4. The number of hydrogen-bond donors (Lipinski definition) is 2. The predicted molar refractivity (Wildman–Crippen MR) is 123 cm³/mol. The van der Waals surface area contributed by atoms with Crippen LogP contribution < -0.4 is 14.8 Å². The van der Waals surface area contributed by atoms with Gasteiger partial charge in [0, 0.05) is 4.75 Å². The van der Waals surface area contributed by atoms with Crippen molar-refractivity contribution in [2.24, 2.45) is 0 Å². The molecule has 0 aromatic heterocycles. The van der Waals surface area contributed by atoms with Crippen LogP contribution in [0.15, 0.2) is 18.2 Å². The van der Waals surface area contributed by atoms with Crippen LogP contribution in [0.5, 0.6) is 11.5 Å². The molecular weight excluding hydrogens is 448 g/mol. The Hall–Kier alpha value is -2.75. The standard InChI is InChI=1S/C23H30N2O7S/c1-6-11-31-14-9-8-10-15(32-12-7-2)16(14)18(27)24-23(13(3)26)20(30)25-17(19(28)29)22(4,5)33-21(23)25/h8-10,17,21H,6-7,11-12H2,1-5H3,(H,24,27)(H,28,29)/t17-,21+,23-/m0/s1. The smallest absolute Gasteiger partial charge is 0.327 e. The summed E-state index contributed by atoms with van der Waals surface area (Å²) in [7, 11) is 0. The second-order valence-electron chi connectivity index (χ2n) is 8.67. The van der Waals surface area contributed by atoms with Gasteiger partial charge < -0.3 is 24.8 Å². The maximum atomic E-state index is 13.5. The largest absolute Gasteiger partial charge is 0.493 e. The Kier molecular flexibility index (Phi) is 6.97. The second kappa shape index (κ2) is 9.24. The molecule has 0 spiro atoms. The molecule has 180 valence electrons. The third kappa shape index (κ3) is 4.05. The quantitative estimate of drug-likeness (QED) is 0.388. The first-order chi connectivity index (χ1) is 15.5. The molecule has 2 N–H and O–H groups in total. The topological polar surface area (TPSA) is 122 Å². The number of β-lactam (4-membered cyclic amide) rings is 1. The van der Waals surface area contributed by atoms with Crippen LogP contribution in [-0.2, 0) is 14.4 Å². The number of fused-ring (bicyclic) bond motifs is 1. The molecule has 0 aliphatic carbocycles. The number of ether oxygens (including phenoxy) is 2.